The van der Waals surface area contributed by atoms with Crippen molar-refractivity contribution < 1.29 is 9.90 Å². The fourth-order valence-electron chi connectivity index (χ4n) is 0.727. The molecule has 3 heteroatoms. The molecule has 0 amide bonds. The predicted molar refractivity (Wildman–Crippen MR) is 48.9 cm³/mol. The van der Waals surface area contributed by atoms with Crippen molar-refractivity contribution >= 4 is 5.97 Å². The Bertz CT molecular complexity index is 164. The van der Waals surface area contributed by atoms with E-state index in [1.54, 1.807) is 6.20 Å². The maximum atomic E-state index is 10.1. The van der Waals surface area contributed by atoms with Gasteiger partial charge in [-0.3, -0.25) is 0 Å². The Hall–Kier alpha value is -0.990. The highest BCUT2D eigenvalue weighted by Crippen LogP contribution is 2.00. The van der Waals surface area contributed by atoms with Crippen LogP contribution in [0.2, 0.25) is 0 Å². The third kappa shape index (κ3) is 7.12. The second kappa shape index (κ2) is 5.63. The van der Waals surface area contributed by atoms with Crippen molar-refractivity contribution in [3.8, 4) is 0 Å². The minimum Gasteiger partial charge on any atom is -0.478 e. The Kier molecular flexibility index (Phi) is 5.17. The van der Waals surface area contributed by atoms with E-state index in [4.69, 9.17) is 5.11 Å². The predicted octanol–water partition coefficient (Wildman–Crippen LogP) is 1.56. The molecule has 0 aliphatic rings. The minimum atomic E-state index is -0.897. The first-order chi connectivity index (χ1) is 5.52. The molecule has 3 nitrogen and oxygen atoms in total. The van der Waals surface area contributed by atoms with Crippen LogP contribution in [0.25, 0.3) is 0 Å². The zero-order chi connectivity index (χ0) is 9.56. The van der Waals surface area contributed by atoms with Gasteiger partial charge in [-0.05, 0) is 12.3 Å². The van der Waals surface area contributed by atoms with Gasteiger partial charge in [0, 0.05) is 25.9 Å². The van der Waals surface area contributed by atoms with Gasteiger partial charge in [0.2, 0.25) is 0 Å². The molecule has 0 heterocycles. The smallest absolute Gasteiger partial charge is 0.329 e. The van der Waals surface area contributed by atoms with Gasteiger partial charge in [0.05, 0.1) is 0 Å². The summed E-state index contributed by atoms with van der Waals surface area (Å²) in [5.74, 6) is -0.239. The normalized spacial score (nSPS) is 11.0. The highest BCUT2D eigenvalue weighted by Gasteiger charge is 1.96. The van der Waals surface area contributed by atoms with Crippen molar-refractivity contribution in [2.45, 2.75) is 20.3 Å². The number of hydrogen-bond donors (Lipinski definition) is 1. The average molecular weight is 171 g/mol. The van der Waals surface area contributed by atoms with Crippen LogP contribution >= 0.6 is 0 Å². The molecule has 1 N–H and O–H groups in total. The second-order valence-corrected chi connectivity index (χ2v) is 3.32. The van der Waals surface area contributed by atoms with Crippen LogP contribution in [0, 0.1) is 5.92 Å². The lowest BCUT2D eigenvalue weighted by molar-refractivity contribution is -0.131. The molecule has 0 aromatic heterocycles. The van der Waals surface area contributed by atoms with Crippen molar-refractivity contribution in [3.63, 3.8) is 0 Å². The largest absolute Gasteiger partial charge is 0.478 e. The van der Waals surface area contributed by atoms with Gasteiger partial charge < -0.3 is 10.0 Å². The maximum absolute atomic E-state index is 10.1. The molecule has 70 valence electrons. The molecule has 0 aromatic carbocycles. The van der Waals surface area contributed by atoms with Crippen LogP contribution in [-0.4, -0.2) is 29.6 Å². The highest BCUT2D eigenvalue weighted by atomic mass is 16.4. The average Bonchev–Trinajstić information content (AvgIpc) is 1.96. The van der Waals surface area contributed by atoms with E-state index < -0.39 is 5.97 Å². The molecular formula is C9H17NO2. The molecule has 0 spiro atoms. The Balaban J connectivity index is 3.59. The van der Waals surface area contributed by atoms with Crippen molar-refractivity contribution in [2.75, 3.05) is 13.6 Å². The van der Waals surface area contributed by atoms with Gasteiger partial charge in [0.1, 0.15) is 0 Å². The summed E-state index contributed by atoms with van der Waals surface area (Å²) in [5, 5.41) is 8.33. The van der Waals surface area contributed by atoms with Crippen molar-refractivity contribution in [3.05, 3.63) is 12.3 Å². The molecule has 0 aliphatic carbocycles. The van der Waals surface area contributed by atoms with Crippen LogP contribution in [0.1, 0.15) is 20.3 Å². The summed E-state index contributed by atoms with van der Waals surface area (Å²) in [4.78, 5) is 12.0. The molecule has 0 aromatic rings. The number of rotatable bonds is 5. The molecule has 12 heavy (non-hydrogen) atoms. The van der Waals surface area contributed by atoms with Gasteiger partial charge in [0.25, 0.3) is 0 Å². The first kappa shape index (κ1) is 11.0. The van der Waals surface area contributed by atoms with E-state index in [-0.39, 0.29) is 0 Å². The lowest BCUT2D eigenvalue weighted by atomic mass is 10.1. The van der Waals surface area contributed by atoms with Gasteiger partial charge in [-0.25, -0.2) is 4.79 Å². The molecule has 0 bridgehead atoms. The summed E-state index contributed by atoms with van der Waals surface area (Å²) in [6.07, 6.45) is 3.82. The summed E-state index contributed by atoms with van der Waals surface area (Å²) in [5.41, 5.74) is 0. The Labute approximate surface area is 73.7 Å². The van der Waals surface area contributed by atoms with Gasteiger partial charge in [-0.1, -0.05) is 13.8 Å². The summed E-state index contributed by atoms with van der Waals surface area (Å²) >= 11 is 0. The van der Waals surface area contributed by atoms with E-state index in [0.717, 1.165) is 19.0 Å². The van der Waals surface area contributed by atoms with Crippen LogP contribution in [0.5, 0.6) is 0 Å². The molecule has 0 atom stereocenters. The van der Waals surface area contributed by atoms with E-state index in [2.05, 4.69) is 13.8 Å². The van der Waals surface area contributed by atoms with Crippen LogP contribution in [0.4, 0.5) is 0 Å². The van der Waals surface area contributed by atoms with Crippen molar-refractivity contribution in [2.24, 2.45) is 5.92 Å². The summed E-state index contributed by atoms with van der Waals surface area (Å²) in [6, 6.07) is 0. The van der Waals surface area contributed by atoms with Crippen molar-refractivity contribution in [1.29, 1.82) is 0 Å². The van der Waals surface area contributed by atoms with Gasteiger partial charge >= 0.3 is 5.97 Å². The molecule has 0 saturated carbocycles. The number of aliphatic carboxylic acids is 1. The fourth-order valence-corrected chi connectivity index (χ4v) is 0.727. The Morgan fingerprint density at radius 1 is 1.58 bits per heavy atom. The highest BCUT2D eigenvalue weighted by molar-refractivity contribution is 5.79. The third-order valence-corrected chi connectivity index (χ3v) is 1.53. The lowest BCUT2D eigenvalue weighted by Gasteiger charge is -2.14. The van der Waals surface area contributed by atoms with E-state index in [9.17, 15) is 4.79 Å². The Morgan fingerprint density at radius 3 is 2.58 bits per heavy atom. The first-order valence-corrected chi connectivity index (χ1v) is 4.13. The zero-order valence-electron chi connectivity index (χ0n) is 7.95. The molecular weight excluding hydrogens is 154 g/mol. The second-order valence-electron chi connectivity index (χ2n) is 3.32. The molecule has 0 aliphatic heterocycles. The standard InChI is InChI=1S/C9H17NO2/c1-8(2)4-6-10(3)7-5-9(11)12/h5,7-8H,4,6H2,1-3H3,(H,11,12). The minimum absolute atomic E-state index is 0.658. The van der Waals surface area contributed by atoms with Crippen LogP contribution in [0.15, 0.2) is 12.3 Å². The summed E-state index contributed by atoms with van der Waals surface area (Å²) < 4.78 is 0. The first-order valence-electron chi connectivity index (χ1n) is 4.13. The van der Waals surface area contributed by atoms with Gasteiger partial charge in [-0.2, -0.15) is 0 Å². The quantitative estimate of drug-likeness (QED) is 0.638. The number of carboxylic acids is 1. The van der Waals surface area contributed by atoms with Crippen molar-refractivity contribution in [1.82, 2.24) is 4.90 Å². The zero-order valence-corrected chi connectivity index (χ0v) is 7.95. The SMILES string of the molecule is CC(C)CCN(C)C=CC(=O)O. The van der Waals surface area contributed by atoms with Gasteiger partial charge in [-0.15, -0.1) is 0 Å². The topological polar surface area (TPSA) is 40.5 Å². The molecule has 0 rings (SSSR count). The number of hydrogen-bond acceptors (Lipinski definition) is 2. The third-order valence-electron chi connectivity index (χ3n) is 1.53. The van der Waals surface area contributed by atoms with Gasteiger partial charge in [0.15, 0.2) is 0 Å². The van der Waals surface area contributed by atoms with E-state index in [0.29, 0.717) is 5.92 Å². The number of carbonyl (C=O) groups is 1. The van der Waals surface area contributed by atoms with Crippen LogP contribution < -0.4 is 0 Å². The maximum Gasteiger partial charge on any atom is 0.329 e. The molecule has 0 saturated heterocycles. The van der Waals surface area contributed by atoms with E-state index >= 15 is 0 Å². The van der Waals surface area contributed by atoms with E-state index in [1.807, 2.05) is 11.9 Å². The lowest BCUT2D eigenvalue weighted by Crippen LogP contribution is -2.14. The Morgan fingerprint density at radius 2 is 2.17 bits per heavy atom. The molecule has 0 unspecified atom stereocenters. The molecule has 0 fully saturated rings. The fraction of sp³-hybridized carbons (Fsp3) is 0.667. The summed E-state index contributed by atoms with van der Waals surface area (Å²) in [7, 11) is 1.88. The number of nitrogens with zero attached hydrogens (tertiary/aromatic N) is 1. The summed E-state index contributed by atoms with van der Waals surface area (Å²) in [6.45, 7) is 5.20. The number of carboxylic acid groups (broad SMARTS) is 1. The van der Waals surface area contributed by atoms with E-state index in [1.165, 1.54) is 0 Å². The molecule has 0 radical (unpaired) electrons. The van der Waals surface area contributed by atoms with Crippen LogP contribution in [-0.2, 0) is 4.79 Å². The monoisotopic (exact) mass is 171 g/mol. The van der Waals surface area contributed by atoms with Crippen LogP contribution in [0.3, 0.4) is 0 Å².